The van der Waals surface area contributed by atoms with Gasteiger partial charge in [0.25, 0.3) is 0 Å². The summed E-state index contributed by atoms with van der Waals surface area (Å²) >= 11 is 9.76. The first kappa shape index (κ1) is 27.2. The Hall–Kier alpha value is -2.82. The summed E-state index contributed by atoms with van der Waals surface area (Å²) in [6.45, 7) is 7.31. The maximum Gasteiger partial charge on any atom is 0.410 e. The lowest BCUT2D eigenvalue weighted by Gasteiger charge is -2.40. The highest BCUT2D eigenvalue weighted by atomic mass is 35.5. The molecule has 0 atom stereocenters. The number of likely N-dealkylation sites (tertiary alicyclic amines) is 1. The Morgan fingerprint density at radius 1 is 1.22 bits per heavy atom. The Morgan fingerprint density at radius 3 is 2.62 bits per heavy atom. The standard InChI is InChI=1S/C26H31ClN4O4S2/c1-26(2,3)35-25(32)30-15-18(16-30)29-22-9-8-20(13-21(22)27)37-31(24-28-10-11-36-24)14-17-6-7-19(33-4)12-23(17)34-5/h6-13,18,29H,14-16H2,1-5H3. The molecule has 11 heteroatoms. The maximum atomic E-state index is 12.2. The lowest BCUT2D eigenvalue weighted by Crippen LogP contribution is -2.57. The molecule has 0 spiro atoms. The molecule has 1 fully saturated rings. The van der Waals surface area contributed by atoms with Gasteiger partial charge in [-0.25, -0.2) is 9.78 Å². The van der Waals surface area contributed by atoms with Crippen molar-refractivity contribution in [3.63, 3.8) is 0 Å². The topological polar surface area (TPSA) is 76.2 Å². The second-order valence-electron chi connectivity index (χ2n) is 9.49. The third-order valence-corrected chi connectivity index (χ3v) is 7.70. The van der Waals surface area contributed by atoms with E-state index in [1.54, 1.807) is 48.6 Å². The van der Waals surface area contributed by atoms with Gasteiger partial charge in [0.2, 0.25) is 0 Å². The van der Waals surface area contributed by atoms with Crippen LogP contribution in [-0.2, 0) is 11.3 Å². The Morgan fingerprint density at radius 2 is 2.00 bits per heavy atom. The summed E-state index contributed by atoms with van der Waals surface area (Å²) in [5.41, 5.74) is 1.34. The molecule has 2 aromatic carbocycles. The summed E-state index contributed by atoms with van der Waals surface area (Å²) in [6, 6.07) is 11.8. The van der Waals surface area contributed by atoms with Gasteiger partial charge in [0.15, 0.2) is 5.13 Å². The van der Waals surface area contributed by atoms with Gasteiger partial charge in [-0.15, -0.1) is 11.3 Å². The van der Waals surface area contributed by atoms with E-state index in [-0.39, 0.29) is 12.1 Å². The van der Waals surface area contributed by atoms with Crippen LogP contribution >= 0.6 is 34.9 Å². The molecule has 1 aliphatic rings. The molecule has 1 saturated heterocycles. The van der Waals surface area contributed by atoms with Crippen LogP contribution in [0.2, 0.25) is 5.02 Å². The van der Waals surface area contributed by atoms with E-state index in [9.17, 15) is 4.79 Å². The first-order valence-corrected chi connectivity index (χ1v) is 13.8. The number of carbonyl (C=O) groups is 1. The third-order valence-electron chi connectivity index (χ3n) is 5.49. The molecular formula is C26H31ClN4O4S2. The van der Waals surface area contributed by atoms with Crippen LogP contribution in [0, 0.1) is 0 Å². The number of rotatable bonds is 9. The molecule has 1 aliphatic heterocycles. The third kappa shape index (κ3) is 7.15. The summed E-state index contributed by atoms with van der Waals surface area (Å²) < 4.78 is 18.5. The number of benzene rings is 2. The summed E-state index contributed by atoms with van der Waals surface area (Å²) in [5, 5.41) is 6.86. The minimum absolute atomic E-state index is 0.123. The number of amides is 1. The number of thiazole rings is 1. The first-order chi connectivity index (χ1) is 17.6. The van der Waals surface area contributed by atoms with Crippen LogP contribution in [0.3, 0.4) is 0 Å². The quantitative estimate of drug-likeness (QED) is 0.294. The molecule has 37 heavy (non-hydrogen) atoms. The molecule has 4 rings (SSSR count). The molecule has 198 valence electrons. The van der Waals surface area contributed by atoms with E-state index in [1.165, 1.54) is 0 Å². The van der Waals surface area contributed by atoms with Crippen molar-refractivity contribution in [3.05, 3.63) is 58.6 Å². The number of aromatic nitrogens is 1. The normalized spacial score (nSPS) is 13.6. The van der Waals surface area contributed by atoms with E-state index < -0.39 is 5.60 Å². The molecule has 3 aromatic rings. The average Bonchev–Trinajstić information content (AvgIpc) is 3.35. The van der Waals surface area contributed by atoms with Crippen LogP contribution in [0.25, 0.3) is 0 Å². The van der Waals surface area contributed by atoms with Gasteiger partial charge >= 0.3 is 6.09 Å². The molecule has 0 radical (unpaired) electrons. The molecule has 0 bridgehead atoms. The zero-order valence-electron chi connectivity index (χ0n) is 21.5. The van der Waals surface area contributed by atoms with Gasteiger partial charge in [0.05, 0.1) is 37.5 Å². The predicted octanol–water partition coefficient (Wildman–Crippen LogP) is 6.56. The Balaban J connectivity index is 1.41. The van der Waals surface area contributed by atoms with Gasteiger partial charge in [-0.2, -0.15) is 0 Å². The SMILES string of the molecule is COc1ccc(CN(Sc2ccc(NC3CN(C(=O)OC(C)(C)C)C3)c(Cl)c2)c2nccs2)c(OC)c1. The van der Waals surface area contributed by atoms with Crippen LogP contribution < -0.4 is 19.1 Å². The van der Waals surface area contributed by atoms with E-state index >= 15 is 0 Å². The molecule has 8 nitrogen and oxygen atoms in total. The van der Waals surface area contributed by atoms with Crippen molar-refractivity contribution in [2.75, 3.05) is 36.9 Å². The molecule has 0 unspecified atom stereocenters. The number of carbonyl (C=O) groups excluding carboxylic acids is 1. The van der Waals surface area contributed by atoms with Crippen molar-refractivity contribution in [2.24, 2.45) is 0 Å². The van der Waals surface area contributed by atoms with Crippen LogP contribution in [0.5, 0.6) is 11.5 Å². The monoisotopic (exact) mass is 562 g/mol. The summed E-state index contributed by atoms with van der Waals surface area (Å²) in [6.07, 6.45) is 1.50. The highest BCUT2D eigenvalue weighted by Gasteiger charge is 2.33. The number of nitrogens with one attached hydrogen (secondary N) is 1. The summed E-state index contributed by atoms with van der Waals surface area (Å²) in [4.78, 5) is 19.3. The Labute approximate surface area is 231 Å². The highest BCUT2D eigenvalue weighted by Crippen LogP contribution is 2.37. The molecule has 1 N–H and O–H groups in total. The van der Waals surface area contributed by atoms with Gasteiger partial charge < -0.3 is 24.4 Å². The van der Waals surface area contributed by atoms with Gasteiger partial charge in [-0.3, -0.25) is 4.31 Å². The largest absolute Gasteiger partial charge is 0.497 e. The van der Waals surface area contributed by atoms with Crippen molar-refractivity contribution < 1.29 is 19.0 Å². The minimum atomic E-state index is -0.503. The first-order valence-electron chi connectivity index (χ1n) is 11.7. The fourth-order valence-corrected chi connectivity index (χ4v) is 5.65. The van der Waals surface area contributed by atoms with Crippen molar-refractivity contribution in [1.29, 1.82) is 0 Å². The second-order valence-corrected chi connectivity index (χ2v) is 11.9. The highest BCUT2D eigenvalue weighted by molar-refractivity contribution is 8.00. The maximum absolute atomic E-state index is 12.2. The predicted molar refractivity (Wildman–Crippen MR) is 150 cm³/mol. The van der Waals surface area contributed by atoms with Crippen LogP contribution in [0.15, 0.2) is 52.9 Å². The Bertz CT molecular complexity index is 1210. The molecule has 1 amide bonds. The van der Waals surface area contributed by atoms with Crippen LogP contribution in [0.4, 0.5) is 15.6 Å². The van der Waals surface area contributed by atoms with E-state index in [2.05, 4.69) is 14.6 Å². The summed E-state index contributed by atoms with van der Waals surface area (Å²) in [7, 11) is 3.29. The Kier molecular flexibility index (Phi) is 8.61. The van der Waals surface area contributed by atoms with Crippen LogP contribution in [-0.4, -0.2) is 54.9 Å². The lowest BCUT2D eigenvalue weighted by molar-refractivity contribution is 0.0105. The molecule has 0 saturated carbocycles. The fourth-order valence-electron chi connectivity index (χ4n) is 3.68. The number of anilines is 2. The number of hydrogen-bond acceptors (Lipinski definition) is 9. The number of halogens is 1. The lowest BCUT2D eigenvalue weighted by atomic mass is 10.1. The molecular weight excluding hydrogens is 532 g/mol. The van der Waals surface area contributed by atoms with Crippen LogP contribution in [0.1, 0.15) is 26.3 Å². The van der Waals surface area contributed by atoms with Gasteiger partial charge in [0.1, 0.15) is 17.1 Å². The van der Waals surface area contributed by atoms with E-state index in [0.717, 1.165) is 32.8 Å². The number of hydrogen-bond donors (Lipinski definition) is 1. The molecule has 0 aliphatic carbocycles. The van der Waals surface area contributed by atoms with Gasteiger partial charge in [-0.05, 0) is 63.1 Å². The van der Waals surface area contributed by atoms with Crippen molar-refractivity contribution >= 4 is 51.8 Å². The van der Waals surface area contributed by atoms with Crippen molar-refractivity contribution in [3.8, 4) is 11.5 Å². The smallest absolute Gasteiger partial charge is 0.410 e. The van der Waals surface area contributed by atoms with E-state index in [1.807, 2.05) is 62.5 Å². The van der Waals surface area contributed by atoms with Crippen molar-refractivity contribution in [1.82, 2.24) is 9.88 Å². The molecule has 1 aromatic heterocycles. The summed E-state index contributed by atoms with van der Waals surface area (Å²) in [5.74, 6) is 1.49. The average molecular weight is 563 g/mol. The number of ether oxygens (including phenoxy) is 3. The second kappa shape index (κ2) is 11.7. The minimum Gasteiger partial charge on any atom is -0.497 e. The number of nitrogens with zero attached hydrogens (tertiary/aromatic N) is 3. The van der Waals surface area contributed by atoms with Crippen molar-refractivity contribution in [2.45, 2.75) is 43.9 Å². The number of methoxy groups -OCH3 is 2. The van der Waals surface area contributed by atoms with Gasteiger partial charge in [-0.1, -0.05) is 11.6 Å². The fraction of sp³-hybridized carbons (Fsp3) is 0.385. The van der Waals surface area contributed by atoms with E-state index in [0.29, 0.717) is 24.7 Å². The van der Waals surface area contributed by atoms with E-state index in [4.69, 9.17) is 25.8 Å². The van der Waals surface area contributed by atoms with Gasteiger partial charge in [0, 0.05) is 41.2 Å². The zero-order valence-corrected chi connectivity index (χ0v) is 23.9. The molecule has 2 heterocycles. The zero-order chi connectivity index (χ0) is 26.6.